The fourth-order valence-corrected chi connectivity index (χ4v) is 1.86. The van der Waals surface area contributed by atoms with Gasteiger partial charge in [-0.2, -0.15) is 5.10 Å². The van der Waals surface area contributed by atoms with E-state index in [9.17, 15) is 4.79 Å². The normalized spacial score (nSPS) is 10.2. The molecule has 0 radical (unpaired) electrons. The van der Waals surface area contributed by atoms with Crippen molar-refractivity contribution in [2.45, 2.75) is 6.42 Å². The molecule has 1 aromatic carbocycles. The minimum absolute atomic E-state index is 0.206. The molecule has 0 aliphatic carbocycles. The predicted octanol–water partition coefficient (Wildman–Crippen LogP) is 2.04. The lowest BCUT2D eigenvalue weighted by Gasteiger charge is -2.09. The zero-order valence-corrected chi connectivity index (χ0v) is 11.2. The lowest BCUT2D eigenvalue weighted by molar-refractivity contribution is 0.0951. The van der Waals surface area contributed by atoms with Crippen LogP contribution in [0.3, 0.4) is 0 Å². The van der Waals surface area contributed by atoms with Crippen LogP contribution < -0.4 is 10.1 Å². The highest BCUT2D eigenvalue weighted by molar-refractivity contribution is 6.31. The van der Waals surface area contributed by atoms with Gasteiger partial charge in [0.05, 0.1) is 18.9 Å². The van der Waals surface area contributed by atoms with Gasteiger partial charge in [-0.3, -0.25) is 9.89 Å². The van der Waals surface area contributed by atoms with Crippen LogP contribution in [0.2, 0.25) is 5.02 Å². The number of hydrogen-bond donors (Lipinski definition) is 2. The van der Waals surface area contributed by atoms with Gasteiger partial charge in [0, 0.05) is 17.8 Å². The van der Waals surface area contributed by atoms with Gasteiger partial charge in [0.2, 0.25) is 0 Å². The first-order valence-electron chi connectivity index (χ1n) is 5.80. The zero-order valence-electron chi connectivity index (χ0n) is 10.4. The number of hydrogen-bond acceptors (Lipinski definition) is 3. The van der Waals surface area contributed by atoms with Crippen LogP contribution in [0.1, 0.15) is 15.9 Å². The molecule has 0 aliphatic heterocycles. The molecule has 0 unspecified atom stereocenters. The summed E-state index contributed by atoms with van der Waals surface area (Å²) in [5.41, 5.74) is 1.47. The molecule has 0 bridgehead atoms. The smallest absolute Gasteiger partial charge is 0.255 e. The first-order chi connectivity index (χ1) is 9.20. The minimum Gasteiger partial charge on any atom is -0.496 e. The number of carbonyl (C=O) groups is 1. The first kappa shape index (κ1) is 13.4. The Hall–Kier alpha value is -2.01. The van der Waals surface area contributed by atoms with Gasteiger partial charge in [-0.15, -0.1) is 0 Å². The second-order valence-electron chi connectivity index (χ2n) is 3.96. The Morgan fingerprint density at radius 2 is 2.37 bits per heavy atom. The quantitative estimate of drug-likeness (QED) is 0.880. The summed E-state index contributed by atoms with van der Waals surface area (Å²) >= 11 is 5.89. The van der Waals surface area contributed by atoms with E-state index < -0.39 is 0 Å². The van der Waals surface area contributed by atoms with E-state index in [1.54, 1.807) is 30.6 Å². The number of nitrogens with one attached hydrogen (secondary N) is 2. The Balaban J connectivity index is 1.97. The molecule has 19 heavy (non-hydrogen) atoms. The van der Waals surface area contributed by atoms with Crippen molar-refractivity contribution in [2.24, 2.45) is 0 Å². The molecule has 2 rings (SSSR count). The monoisotopic (exact) mass is 279 g/mol. The van der Waals surface area contributed by atoms with Crippen molar-refractivity contribution < 1.29 is 9.53 Å². The molecule has 2 aromatic rings. The minimum atomic E-state index is -0.206. The number of amides is 1. The van der Waals surface area contributed by atoms with Gasteiger partial charge in [0.25, 0.3) is 5.91 Å². The van der Waals surface area contributed by atoms with Crippen molar-refractivity contribution >= 4 is 17.5 Å². The average Bonchev–Trinajstić information content (AvgIpc) is 2.91. The maximum Gasteiger partial charge on any atom is 0.255 e. The van der Waals surface area contributed by atoms with Crippen molar-refractivity contribution in [2.75, 3.05) is 13.7 Å². The number of ether oxygens (including phenoxy) is 1. The first-order valence-corrected chi connectivity index (χ1v) is 6.18. The summed E-state index contributed by atoms with van der Waals surface area (Å²) in [7, 11) is 1.52. The third-order valence-electron chi connectivity index (χ3n) is 2.66. The summed E-state index contributed by atoms with van der Waals surface area (Å²) in [6.45, 7) is 0.522. The summed E-state index contributed by atoms with van der Waals surface area (Å²) < 4.78 is 5.14. The van der Waals surface area contributed by atoms with Crippen molar-refractivity contribution in [3.8, 4) is 5.75 Å². The molecular weight excluding hydrogens is 266 g/mol. The molecule has 6 heteroatoms. The summed E-state index contributed by atoms with van der Waals surface area (Å²) in [5.74, 6) is 0.299. The molecule has 0 saturated carbocycles. The van der Waals surface area contributed by atoms with Crippen LogP contribution in [0, 0.1) is 0 Å². The fraction of sp³-hybridized carbons (Fsp3) is 0.231. The molecule has 1 heterocycles. The number of halogens is 1. The Labute approximate surface area is 115 Å². The standard InChI is InChI=1S/C13H14ClN3O2/c1-19-12-3-2-10(14)6-11(12)13(18)15-5-4-9-7-16-17-8-9/h2-3,6-8H,4-5H2,1H3,(H,15,18)(H,16,17). The number of aromatic nitrogens is 2. The number of aromatic amines is 1. The summed E-state index contributed by atoms with van der Waals surface area (Å²) in [6, 6.07) is 4.95. The topological polar surface area (TPSA) is 67.0 Å². The number of rotatable bonds is 5. The third kappa shape index (κ3) is 3.48. The van der Waals surface area contributed by atoms with Crippen molar-refractivity contribution in [1.29, 1.82) is 0 Å². The van der Waals surface area contributed by atoms with Gasteiger partial charge in [0.15, 0.2) is 0 Å². The van der Waals surface area contributed by atoms with Crippen molar-refractivity contribution in [1.82, 2.24) is 15.5 Å². The Kier molecular flexibility index (Phi) is 4.41. The molecular formula is C13H14ClN3O2. The van der Waals surface area contributed by atoms with Gasteiger partial charge in [-0.25, -0.2) is 0 Å². The number of methoxy groups -OCH3 is 1. The van der Waals surface area contributed by atoms with E-state index in [-0.39, 0.29) is 5.91 Å². The van der Waals surface area contributed by atoms with Crippen molar-refractivity contribution in [3.05, 3.63) is 46.7 Å². The van der Waals surface area contributed by atoms with Crippen LogP contribution in [-0.2, 0) is 6.42 Å². The van der Waals surface area contributed by atoms with E-state index in [1.165, 1.54) is 7.11 Å². The predicted molar refractivity (Wildman–Crippen MR) is 72.6 cm³/mol. The molecule has 1 aromatic heterocycles. The van der Waals surface area contributed by atoms with E-state index in [4.69, 9.17) is 16.3 Å². The average molecular weight is 280 g/mol. The molecule has 1 amide bonds. The van der Waals surface area contributed by atoms with E-state index >= 15 is 0 Å². The maximum atomic E-state index is 12.0. The highest BCUT2D eigenvalue weighted by Gasteiger charge is 2.12. The van der Waals surface area contributed by atoms with Gasteiger partial charge in [0.1, 0.15) is 5.75 Å². The second kappa shape index (κ2) is 6.24. The van der Waals surface area contributed by atoms with Crippen LogP contribution >= 0.6 is 11.6 Å². The van der Waals surface area contributed by atoms with E-state index in [0.29, 0.717) is 29.3 Å². The zero-order chi connectivity index (χ0) is 13.7. The van der Waals surface area contributed by atoms with Crippen LogP contribution in [-0.4, -0.2) is 29.8 Å². The second-order valence-corrected chi connectivity index (χ2v) is 4.39. The molecule has 100 valence electrons. The van der Waals surface area contributed by atoms with Crippen LogP contribution in [0.25, 0.3) is 0 Å². The van der Waals surface area contributed by atoms with Gasteiger partial charge in [-0.05, 0) is 30.2 Å². The molecule has 0 atom stereocenters. The van der Waals surface area contributed by atoms with E-state index in [1.807, 2.05) is 0 Å². The number of benzene rings is 1. The molecule has 0 aliphatic rings. The van der Waals surface area contributed by atoms with Crippen LogP contribution in [0.4, 0.5) is 0 Å². The molecule has 0 fully saturated rings. The van der Waals surface area contributed by atoms with Gasteiger partial charge < -0.3 is 10.1 Å². The Bertz CT molecular complexity index is 555. The summed E-state index contributed by atoms with van der Waals surface area (Å²) in [6.07, 6.45) is 4.24. The van der Waals surface area contributed by atoms with Gasteiger partial charge >= 0.3 is 0 Å². The van der Waals surface area contributed by atoms with Crippen LogP contribution in [0.5, 0.6) is 5.75 Å². The lowest BCUT2D eigenvalue weighted by atomic mass is 10.2. The van der Waals surface area contributed by atoms with E-state index in [0.717, 1.165) is 5.56 Å². The maximum absolute atomic E-state index is 12.0. The third-order valence-corrected chi connectivity index (χ3v) is 2.90. The highest BCUT2D eigenvalue weighted by atomic mass is 35.5. The Morgan fingerprint density at radius 3 is 3.05 bits per heavy atom. The molecule has 5 nitrogen and oxygen atoms in total. The highest BCUT2D eigenvalue weighted by Crippen LogP contribution is 2.22. The molecule has 0 spiro atoms. The lowest BCUT2D eigenvalue weighted by Crippen LogP contribution is -2.26. The molecule has 0 saturated heterocycles. The molecule has 2 N–H and O–H groups in total. The van der Waals surface area contributed by atoms with E-state index in [2.05, 4.69) is 15.5 Å². The Morgan fingerprint density at radius 1 is 1.53 bits per heavy atom. The largest absolute Gasteiger partial charge is 0.496 e. The summed E-state index contributed by atoms with van der Waals surface area (Å²) in [5, 5.41) is 9.89. The van der Waals surface area contributed by atoms with Crippen molar-refractivity contribution in [3.63, 3.8) is 0 Å². The van der Waals surface area contributed by atoms with Crippen LogP contribution in [0.15, 0.2) is 30.6 Å². The number of carbonyl (C=O) groups excluding carboxylic acids is 1. The summed E-state index contributed by atoms with van der Waals surface area (Å²) in [4.78, 5) is 12.0. The SMILES string of the molecule is COc1ccc(Cl)cc1C(=O)NCCc1cn[nH]c1. The number of nitrogens with zero attached hydrogens (tertiary/aromatic N) is 1. The fourth-order valence-electron chi connectivity index (χ4n) is 1.69. The van der Waals surface area contributed by atoms with Gasteiger partial charge in [-0.1, -0.05) is 11.6 Å². The number of H-pyrrole nitrogens is 1.